The van der Waals surface area contributed by atoms with Crippen LogP contribution in [0.1, 0.15) is 47.3 Å². The monoisotopic (exact) mass is 480 g/mol. The third kappa shape index (κ3) is 6.20. The lowest BCUT2D eigenvalue weighted by molar-refractivity contribution is -0.166. The molecule has 11 nitrogen and oxygen atoms in total. The number of rotatable bonds is 9. The number of aromatic nitrogens is 4. The number of thioether (sulfide) groups is 1. The fraction of sp³-hybridized carbons (Fsp3) is 0.619. The molecule has 0 aliphatic carbocycles. The predicted molar refractivity (Wildman–Crippen MR) is 117 cm³/mol. The van der Waals surface area contributed by atoms with Crippen LogP contribution in [0.2, 0.25) is 0 Å². The first-order chi connectivity index (χ1) is 15.7. The van der Waals surface area contributed by atoms with Crippen molar-refractivity contribution in [3.63, 3.8) is 0 Å². The van der Waals surface area contributed by atoms with Gasteiger partial charge in [-0.15, -0.1) is 11.8 Å². The molecule has 0 amide bonds. The first kappa shape index (κ1) is 24.9. The molecular weight excluding hydrogens is 452 g/mol. The van der Waals surface area contributed by atoms with Gasteiger partial charge in [0.1, 0.15) is 29.6 Å². The molecule has 12 heteroatoms. The van der Waals surface area contributed by atoms with E-state index < -0.39 is 42.4 Å². The molecule has 2 aromatic heterocycles. The van der Waals surface area contributed by atoms with Crippen LogP contribution >= 0.6 is 11.8 Å². The van der Waals surface area contributed by atoms with Gasteiger partial charge in [-0.05, 0) is 18.1 Å². The summed E-state index contributed by atoms with van der Waals surface area (Å²) in [4.78, 5) is 48.1. The summed E-state index contributed by atoms with van der Waals surface area (Å²) in [6.45, 7) is 7.88. The van der Waals surface area contributed by atoms with E-state index in [4.69, 9.17) is 18.9 Å². The topological polar surface area (TPSA) is 132 Å². The molecular formula is C21H28N4O7S. The van der Waals surface area contributed by atoms with Gasteiger partial charge >= 0.3 is 17.9 Å². The van der Waals surface area contributed by atoms with Gasteiger partial charge in [-0.1, -0.05) is 13.8 Å². The van der Waals surface area contributed by atoms with Crippen molar-refractivity contribution in [1.82, 2.24) is 19.5 Å². The summed E-state index contributed by atoms with van der Waals surface area (Å²) >= 11 is 1.59. The van der Waals surface area contributed by atoms with Crippen LogP contribution in [0.5, 0.6) is 0 Å². The minimum Gasteiger partial charge on any atom is -0.463 e. The molecule has 1 saturated heterocycles. The third-order valence-corrected chi connectivity index (χ3v) is 5.89. The Labute approximate surface area is 195 Å². The number of fused-ring (bicyclic) bond motifs is 1. The van der Waals surface area contributed by atoms with Gasteiger partial charge in [-0.2, -0.15) is 0 Å². The Hall–Kier alpha value is -2.73. The Morgan fingerprint density at radius 1 is 1.06 bits per heavy atom. The molecule has 0 saturated carbocycles. The van der Waals surface area contributed by atoms with E-state index in [0.29, 0.717) is 17.1 Å². The second kappa shape index (κ2) is 10.9. The molecule has 3 heterocycles. The molecule has 3 rings (SSSR count). The molecule has 180 valence electrons. The van der Waals surface area contributed by atoms with Crippen LogP contribution in [0.15, 0.2) is 17.7 Å². The van der Waals surface area contributed by atoms with Crippen LogP contribution in [-0.2, 0) is 33.3 Å². The molecule has 1 aliphatic rings. The van der Waals surface area contributed by atoms with E-state index in [1.807, 2.05) is 0 Å². The summed E-state index contributed by atoms with van der Waals surface area (Å²) in [5.41, 5.74) is 1.07. The molecule has 0 unspecified atom stereocenters. The van der Waals surface area contributed by atoms with Crippen molar-refractivity contribution in [2.45, 2.75) is 70.6 Å². The molecule has 0 bridgehead atoms. The average molecular weight is 481 g/mol. The summed E-state index contributed by atoms with van der Waals surface area (Å²) in [6, 6.07) is 0. The Balaban J connectivity index is 1.95. The van der Waals surface area contributed by atoms with Crippen LogP contribution in [0.25, 0.3) is 11.2 Å². The fourth-order valence-electron chi connectivity index (χ4n) is 3.43. The molecule has 0 aromatic carbocycles. The van der Waals surface area contributed by atoms with E-state index in [2.05, 4.69) is 28.8 Å². The minimum absolute atomic E-state index is 0.181. The lowest BCUT2D eigenvalue weighted by Gasteiger charge is -2.23. The predicted octanol–water partition coefficient (Wildman–Crippen LogP) is 2.29. The van der Waals surface area contributed by atoms with E-state index in [9.17, 15) is 14.4 Å². The average Bonchev–Trinajstić information content (AvgIpc) is 3.28. The van der Waals surface area contributed by atoms with E-state index in [-0.39, 0.29) is 6.61 Å². The standard InChI is InChI=1S/C21H28N4O7S/c1-11(2)6-7-33-20-16-19(22-9-23-20)25(10-24-16)21-18(31-14(5)28)17(30-13(4)27)15(32-21)8-29-12(3)26/h9-11,15,17-18,21H,6-8H2,1-5H3/t15-,17-,18-,21-/m1/s1. The second-order valence-corrected chi connectivity index (χ2v) is 9.13. The maximum absolute atomic E-state index is 11.9. The van der Waals surface area contributed by atoms with Crippen molar-refractivity contribution >= 4 is 40.8 Å². The smallest absolute Gasteiger partial charge is 0.303 e. The van der Waals surface area contributed by atoms with Gasteiger partial charge in [0, 0.05) is 20.8 Å². The van der Waals surface area contributed by atoms with Crippen LogP contribution in [-0.4, -0.2) is 68.1 Å². The maximum Gasteiger partial charge on any atom is 0.303 e. The Morgan fingerprint density at radius 2 is 1.76 bits per heavy atom. The normalized spacial score (nSPS) is 22.5. The molecule has 1 aliphatic heterocycles. The number of carbonyl (C=O) groups excluding carboxylic acids is 3. The van der Waals surface area contributed by atoms with Crippen LogP contribution in [0.3, 0.4) is 0 Å². The second-order valence-electron chi connectivity index (χ2n) is 8.05. The van der Waals surface area contributed by atoms with Crippen LogP contribution in [0.4, 0.5) is 0 Å². The molecule has 2 aromatic rings. The molecule has 0 spiro atoms. The largest absolute Gasteiger partial charge is 0.463 e. The molecule has 1 fully saturated rings. The Morgan fingerprint density at radius 3 is 2.39 bits per heavy atom. The quantitative estimate of drug-likeness (QED) is 0.227. The van der Waals surface area contributed by atoms with Gasteiger partial charge in [0.15, 0.2) is 24.1 Å². The highest BCUT2D eigenvalue weighted by molar-refractivity contribution is 7.99. The maximum atomic E-state index is 11.9. The molecule has 4 atom stereocenters. The third-order valence-electron chi connectivity index (χ3n) is 4.87. The van der Waals surface area contributed by atoms with Gasteiger partial charge in [0.05, 0.1) is 6.33 Å². The first-order valence-electron chi connectivity index (χ1n) is 10.6. The van der Waals surface area contributed by atoms with Crippen molar-refractivity contribution in [2.75, 3.05) is 12.4 Å². The van der Waals surface area contributed by atoms with Crippen molar-refractivity contribution in [1.29, 1.82) is 0 Å². The highest BCUT2D eigenvalue weighted by Crippen LogP contribution is 2.36. The van der Waals surface area contributed by atoms with Gasteiger partial charge in [0.2, 0.25) is 0 Å². The highest BCUT2D eigenvalue weighted by atomic mass is 32.2. The number of imidazole rings is 1. The lowest BCUT2D eigenvalue weighted by atomic mass is 10.1. The van der Waals surface area contributed by atoms with E-state index in [1.165, 1.54) is 33.4 Å². The fourth-order valence-corrected chi connectivity index (χ4v) is 4.62. The van der Waals surface area contributed by atoms with Crippen molar-refractivity contribution in [2.24, 2.45) is 5.92 Å². The van der Waals surface area contributed by atoms with E-state index in [0.717, 1.165) is 17.2 Å². The summed E-state index contributed by atoms with van der Waals surface area (Å²) in [5, 5.41) is 0.731. The van der Waals surface area contributed by atoms with Crippen molar-refractivity contribution in [3.8, 4) is 0 Å². The Bertz CT molecular complexity index is 1010. The minimum atomic E-state index is -1.00. The number of carbonyl (C=O) groups is 3. The molecule has 33 heavy (non-hydrogen) atoms. The van der Waals surface area contributed by atoms with Crippen LogP contribution < -0.4 is 0 Å². The van der Waals surface area contributed by atoms with Crippen LogP contribution in [0, 0.1) is 5.92 Å². The summed E-state index contributed by atoms with van der Waals surface area (Å²) < 4.78 is 23.7. The van der Waals surface area contributed by atoms with E-state index >= 15 is 0 Å². The van der Waals surface area contributed by atoms with Gasteiger partial charge in [-0.25, -0.2) is 15.0 Å². The van der Waals surface area contributed by atoms with Gasteiger partial charge < -0.3 is 18.9 Å². The number of ether oxygens (including phenoxy) is 4. The van der Waals surface area contributed by atoms with E-state index in [1.54, 1.807) is 16.3 Å². The summed E-state index contributed by atoms with van der Waals surface area (Å²) in [5.74, 6) is -0.238. The molecule has 0 N–H and O–H groups in total. The lowest BCUT2D eigenvalue weighted by Crippen LogP contribution is -2.40. The SMILES string of the molecule is CC(=O)OC[C@H]1O[C@@H](n2cnc3c(SCCC(C)C)ncnc32)[C@H](OC(C)=O)[C@@H]1OC(C)=O. The molecule has 0 radical (unpaired) electrons. The zero-order chi connectivity index (χ0) is 24.1. The number of hydrogen-bond acceptors (Lipinski definition) is 11. The number of nitrogens with zero attached hydrogens (tertiary/aromatic N) is 4. The zero-order valence-corrected chi connectivity index (χ0v) is 20.0. The first-order valence-corrected chi connectivity index (χ1v) is 11.6. The van der Waals surface area contributed by atoms with Gasteiger partial charge in [-0.3, -0.25) is 19.0 Å². The van der Waals surface area contributed by atoms with Crippen molar-refractivity contribution in [3.05, 3.63) is 12.7 Å². The zero-order valence-electron chi connectivity index (χ0n) is 19.2. The van der Waals surface area contributed by atoms with Gasteiger partial charge in [0.25, 0.3) is 0 Å². The van der Waals surface area contributed by atoms with Crippen molar-refractivity contribution < 1.29 is 33.3 Å². The Kier molecular flexibility index (Phi) is 8.25. The highest BCUT2D eigenvalue weighted by Gasteiger charge is 2.51. The summed E-state index contributed by atoms with van der Waals surface area (Å²) in [6.07, 6.45) is 0.226. The number of hydrogen-bond donors (Lipinski definition) is 0. The number of esters is 3. The summed E-state index contributed by atoms with van der Waals surface area (Å²) in [7, 11) is 0.